The summed E-state index contributed by atoms with van der Waals surface area (Å²) in [6.45, 7) is 7.95. The average molecular weight is 493 g/mol. The number of carbonyl (C=O) groups is 2. The number of nitrogens with zero attached hydrogens (tertiary/aromatic N) is 3. The van der Waals surface area contributed by atoms with Gasteiger partial charge in [0.2, 0.25) is 15.9 Å². The van der Waals surface area contributed by atoms with Crippen LogP contribution in [0, 0.1) is 19.8 Å². The standard InChI is InChI=1S/C23H32N4O6S/c1-16(2)20(24-23(29)32-15-19-9-6-5-7-10-19)22(28)26-11-8-12-27(14-13-26)34(30,31)21-17(3)25-33-18(21)4/h5-7,9-10,16,20H,8,11-15H2,1-4H3,(H,24,29)/t20-/m1/s1. The van der Waals surface area contributed by atoms with Crippen LogP contribution in [0.15, 0.2) is 39.8 Å². The zero-order valence-electron chi connectivity index (χ0n) is 20.0. The number of aromatic nitrogens is 1. The summed E-state index contributed by atoms with van der Waals surface area (Å²) in [7, 11) is -3.79. The molecule has 11 heteroatoms. The molecule has 2 amide bonds. The summed E-state index contributed by atoms with van der Waals surface area (Å²) >= 11 is 0. The highest BCUT2D eigenvalue weighted by Crippen LogP contribution is 2.24. The van der Waals surface area contributed by atoms with Crippen molar-refractivity contribution in [1.82, 2.24) is 19.7 Å². The maximum atomic E-state index is 13.3. The van der Waals surface area contributed by atoms with Crippen LogP contribution < -0.4 is 5.32 Å². The van der Waals surface area contributed by atoms with Gasteiger partial charge in [0.25, 0.3) is 0 Å². The van der Waals surface area contributed by atoms with E-state index in [1.54, 1.807) is 18.7 Å². The van der Waals surface area contributed by atoms with E-state index in [-0.39, 0.29) is 48.7 Å². The third kappa shape index (κ3) is 5.95. The van der Waals surface area contributed by atoms with Crippen molar-refractivity contribution in [3.05, 3.63) is 47.3 Å². The topological polar surface area (TPSA) is 122 Å². The Morgan fingerprint density at radius 1 is 1.12 bits per heavy atom. The van der Waals surface area contributed by atoms with Crippen LogP contribution in [0.4, 0.5) is 4.79 Å². The fourth-order valence-electron chi connectivity index (χ4n) is 3.93. The van der Waals surface area contributed by atoms with Gasteiger partial charge in [-0.1, -0.05) is 49.3 Å². The zero-order chi connectivity index (χ0) is 24.9. The van der Waals surface area contributed by atoms with Crippen molar-refractivity contribution >= 4 is 22.0 Å². The Labute approximate surface area is 200 Å². The van der Waals surface area contributed by atoms with Gasteiger partial charge in [-0.05, 0) is 31.7 Å². The molecule has 1 saturated heterocycles. The molecular weight excluding hydrogens is 460 g/mol. The van der Waals surface area contributed by atoms with Crippen molar-refractivity contribution in [1.29, 1.82) is 0 Å². The Morgan fingerprint density at radius 3 is 2.44 bits per heavy atom. The molecule has 1 atom stereocenters. The first-order valence-electron chi connectivity index (χ1n) is 11.3. The third-order valence-electron chi connectivity index (χ3n) is 5.75. The van der Waals surface area contributed by atoms with Crippen LogP contribution >= 0.6 is 0 Å². The lowest BCUT2D eigenvalue weighted by molar-refractivity contribution is -0.134. The van der Waals surface area contributed by atoms with Crippen LogP contribution in [0.2, 0.25) is 0 Å². The first kappa shape index (κ1) is 25.7. The van der Waals surface area contributed by atoms with Crippen LogP contribution in [0.1, 0.15) is 37.3 Å². The van der Waals surface area contributed by atoms with Gasteiger partial charge in [0.05, 0.1) is 0 Å². The van der Waals surface area contributed by atoms with E-state index in [2.05, 4.69) is 10.5 Å². The summed E-state index contributed by atoms with van der Waals surface area (Å²) in [6, 6.07) is 8.49. The van der Waals surface area contributed by atoms with Crippen LogP contribution in [0.5, 0.6) is 0 Å². The normalized spacial score (nSPS) is 16.2. The Kier molecular flexibility index (Phi) is 8.32. The number of rotatable bonds is 7. The lowest BCUT2D eigenvalue weighted by Gasteiger charge is -2.28. The molecule has 1 N–H and O–H groups in total. The lowest BCUT2D eigenvalue weighted by atomic mass is 10.0. The molecule has 0 radical (unpaired) electrons. The number of ether oxygens (including phenoxy) is 1. The van der Waals surface area contributed by atoms with E-state index in [0.29, 0.717) is 18.7 Å². The van der Waals surface area contributed by atoms with Crippen LogP contribution in [-0.2, 0) is 26.2 Å². The summed E-state index contributed by atoms with van der Waals surface area (Å²) in [6.07, 6.45) is -0.203. The van der Waals surface area contributed by atoms with Gasteiger partial charge in [0.15, 0.2) is 5.76 Å². The number of hydrogen-bond donors (Lipinski definition) is 1. The predicted octanol–water partition coefficient (Wildman–Crippen LogP) is 2.47. The van der Waals surface area contributed by atoms with Crippen molar-refractivity contribution in [3.8, 4) is 0 Å². The molecule has 2 heterocycles. The summed E-state index contributed by atoms with van der Waals surface area (Å²) < 4.78 is 38.0. The fraction of sp³-hybridized carbons (Fsp3) is 0.522. The molecule has 10 nitrogen and oxygen atoms in total. The number of amides is 2. The van der Waals surface area contributed by atoms with Crippen molar-refractivity contribution in [2.45, 2.75) is 51.7 Å². The molecule has 1 aromatic heterocycles. The molecule has 34 heavy (non-hydrogen) atoms. The van der Waals surface area contributed by atoms with Gasteiger partial charge in [-0.15, -0.1) is 0 Å². The van der Waals surface area contributed by atoms with Gasteiger partial charge in [0.1, 0.15) is 23.2 Å². The zero-order valence-corrected chi connectivity index (χ0v) is 20.8. The quantitative estimate of drug-likeness (QED) is 0.630. The van der Waals surface area contributed by atoms with Crippen LogP contribution in [0.3, 0.4) is 0 Å². The van der Waals surface area contributed by atoms with Gasteiger partial charge in [-0.2, -0.15) is 4.31 Å². The van der Waals surface area contributed by atoms with Gasteiger partial charge in [0, 0.05) is 26.2 Å². The van der Waals surface area contributed by atoms with Crippen LogP contribution in [-0.4, -0.2) is 67.0 Å². The third-order valence-corrected chi connectivity index (χ3v) is 7.89. The van der Waals surface area contributed by atoms with E-state index in [9.17, 15) is 18.0 Å². The smallest absolute Gasteiger partial charge is 0.408 e. The average Bonchev–Trinajstić information content (AvgIpc) is 3.00. The molecule has 0 aliphatic carbocycles. The van der Waals surface area contributed by atoms with E-state index in [1.165, 1.54) is 4.31 Å². The molecular formula is C23H32N4O6S. The SMILES string of the molecule is Cc1noc(C)c1S(=O)(=O)N1CCCN(C(=O)[C@H](NC(=O)OCc2ccccc2)C(C)C)CC1. The van der Waals surface area contributed by atoms with Gasteiger partial charge in [-0.25, -0.2) is 13.2 Å². The fourth-order valence-corrected chi connectivity index (χ4v) is 5.69. The number of aryl methyl sites for hydroxylation is 2. The second-order valence-electron chi connectivity index (χ2n) is 8.66. The monoisotopic (exact) mass is 492 g/mol. The lowest BCUT2D eigenvalue weighted by Crippen LogP contribution is -2.52. The minimum Gasteiger partial charge on any atom is -0.445 e. The molecule has 0 bridgehead atoms. The van der Waals surface area contributed by atoms with E-state index in [1.807, 2.05) is 44.2 Å². The summed E-state index contributed by atoms with van der Waals surface area (Å²) in [4.78, 5) is 27.3. The number of nitrogens with one attached hydrogen (secondary N) is 1. The van der Waals surface area contributed by atoms with Crippen molar-refractivity contribution < 1.29 is 27.3 Å². The Morgan fingerprint density at radius 2 is 1.82 bits per heavy atom. The molecule has 0 unspecified atom stereocenters. The largest absolute Gasteiger partial charge is 0.445 e. The molecule has 3 rings (SSSR count). The first-order valence-corrected chi connectivity index (χ1v) is 12.7. The number of benzene rings is 1. The van der Waals surface area contributed by atoms with Crippen molar-refractivity contribution in [3.63, 3.8) is 0 Å². The van der Waals surface area contributed by atoms with E-state index < -0.39 is 22.2 Å². The van der Waals surface area contributed by atoms with Gasteiger partial charge < -0.3 is 19.5 Å². The number of alkyl carbamates (subject to hydrolysis) is 1. The molecule has 0 spiro atoms. The second kappa shape index (κ2) is 11.0. The number of carbonyl (C=O) groups excluding carboxylic acids is 2. The Balaban J connectivity index is 1.63. The van der Waals surface area contributed by atoms with Gasteiger partial charge >= 0.3 is 6.09 Å². The van der Waals surface area contributed by atoms with Crippen LogP contribution in [0.25, 0.3) is 0 Å². The van der Waals surface area contributed by atoms with E-state index in [0.717, 1.165) is 5.56 Å². The molecule has 186 valence electrons. The first-order chi connectivity index (χ1) is 16.1. The number of hydrogen-bond acceptors (Lipinski definition) is 7. The number of sulfonamides is 1. The minimum atomic E-state index is -3.79. The van der Waals surface area contributed by atoms with Crippen molar-refractivity contribution in [2.75, 3.05) is 26.2 Å². The highest BCUT2D eigenvalue weighted by atomic mass is 32.2. The molecule has 1 aromatic carbocycles. The highest BCUT2D eigenvalue weighted by molar-refractivity contribution is 7.89. The molecule has 1 aliphatic rings. The molecule has 1 aliphatic heterocycles. The summed E-state index contributed by atoms with van der Waals surface area (Å²) in [5, 5.41) is 6.43. The van der Waals surface area contributed by atoms with E-state index in [4.69, 9.17) is 9.26 Å². The Bertz CT molecular complexity index is 1080. The highest BCUT2D eigenvalue weighted by Gasteiger charge is 2.35. The van der Waals surface area contributed by atoms with Gasteiger partial charge in [-0.3, -0.25) is 4.79 Å². The molecule has 2 aromatic rings. The van der Waals surface area contributed by atoms with E-state index >= 15 is 0 Å². The maximum absolute atomic E-state index is 13.3. The summed E-state index contributed by atoms with van der Waals surface area (Å²) in [5.41, 5.74) is 1.16. The molecule has 1 fully saturated rings. The summed E-state index contributed by atoms with van der Waals surface area (Å²) in [5.74, 6) is -0.196. The van der Waals surface area contributed by atoms with Crippen molar-refractivity contribution in [2.24, 2.45) is 5.92 Å². The minimum absolute atomic E-state index is 0.0789. The second-order valence-corrected chi connectivity index (χ2v) is 10.5. The predicted molar refractivity (Wildman–Crippen MR) is 124 cm³/mol. The Hall–Kier alpha value is -2.92. The maximum Gasteiger partial charge on any atom is 0.408 e. The molecule has 0 saturated carbocycles.